The van der Waals surface area contributed by atoms with E-state index in [1.54, 1.807) is 18.2 Å². The second-order valence-electron chi connectivity index (χ2n) is 6.25. The molecule has 0 fully saturated rings. The second-order valence-corrected chi connectivity index (χ2v) is 7.07. The molecule has 0 saturated heterocycles. The summed E-state index contributed by atoms with van der Waals surface area (Å²) < 4.78 is 11.1. The molecule has 0 aliphatic rings. The number of halogens is 2. The zero-order chi connectivity index (χ0) is 20.4. The molecule has 5 nitrogen and oxygen atoms in total. The van der Waals surface area contributed by atoms with Crippen molar-refractivity contribution in [1.82, 2.24) is 5.43 Å². The average Bonchev–Trinajstić information content (AvgIpc) is 3.16. The standard InChI is InChI=1S/C22H16Cl2N2O3/c1-2-28-21-17(23)9-13(10-18(21)24)12-25-26-22(27)20-11-16-15-6-4-3-5-14(15)7-8-19(16)29-20/h3-12H,2H2,1H3,(H,26,27)/b25-12+. The summed E-state index contributed by atoms with van der Waals surface area (Å²) >= 11 is 12.3. The Balaban J connectivity index is 1.53. The van der Waals surface area contributed by atoms with Gasteiger partial charge in [0.25, 0.3) is 0 Å². The van der Waals surface area contributed by atoms with Crippen molar-refractivity contribution in [2.24, 2.45) is 5.10 Å². The van der Waals surface area contributed by atoms with Crippen LogP contribution >= 0.6 is 23.2 Å². The van der Waals surface area contributed by atoms with Crippen molar-refractivity contribution in [2.45, 2.75) is 6.92 Å². The number of nitrogens with zero attached hydrogens (tertiary/aromatic N) is 1. The highest BCUT2D eigenvalue weighted by atomic mass is 35.5. The molecule has 0 atom stereocenters. The van der Waals surface area contributed by atoms with Crippen LogP contribution in [-0.4, -0.2) is 18.7 Å². The number of furan rings is 1. The summed E-state index contributed by atoms with van der Waals surface area (Å²) in [6.45, 7) is 2.30. The number of ether oxygens (including phenoxy) is 1. The van der Waals surface area contributed by atoms with Crippen LogP contribution in [-0.2, 0) is 0 Å². The maximum absolute atomic E-state index is 12.4. The maximum atomic E-state index is 12.4. The highest BCUT2D eigenvalue weighted by Crippen LogP contribution is 2.33. The summed E-state index contributed by atoms with van der Waals surface area (Å²) in [5.74, 6) is 0.146. The highest BCUT2D eigenvalue weighted by Gasteiger charge is 2.13. The third-order valence-corrected chi connectivity index (χ3v) is 4.90. The van der Waals surface area contributed by atoms with Gasteiger partial charge in [0.2, 0.25) is 0 Å². The Morgan fingerprint density at radius 2 is 1.86 bits per heavy atom. The van der Waals surface area contributed by atoms with Crippen molar-refractivity contribution >= 4 is 57.1 Å². The first-order chi connectivity index (χ1) is 14.1. The number of benzene rings is 3. The van der Waals surface area contributed by atoms with E-state index in [0.717, 1.165) is 16.2 Å². The van der Waals surface area contributed by atoms with Gasteiger partial charge in [-0.1, -0.05) is 53.5 Å². The second kappa shape index (κ2) is 8.15. The Kier molecular flexibility index (Phi) is 5.43. The first kappa shape index (κ1) is 19.3. The monoisotopic (exact) mass is 426 g/mol. The Morgan fingerprint density at radius 1 is 1.10 bits per heavy atom. The minimum absolute atomic E-state index is 0.177. The molecule has 0 aliphatic carbocycles. The van der Waals surface area contributed by atoms with E-state index in [1.807, 2.05) is 43.3 Å². The van der Waals surface area contributed by atoms with Crippen molar-refractivity contribution in [3.8, 4) is 5.75 Å². The van der Waals surface area contributed by atoms with Crippen LogP contribution in [0.3, 0.4) is 0 Å². The van der Waals surface area contributed by atoms with Gasteiger partial charge in [0.15, 0.2) is 11.5 Å². The molecule has 4 rings (SSSR count). The molecular weight excluding hydrogens is 411 g/mol. The van der Waals surface area contributed by atoms with Crippen LogP contribution in [0, 0.1) is 0 Å². The summed E-state index contributed by atoms with van der Waals surface area (Å²) in [5, 5.41) is 7.69. The quantitative estimate of drug-likeness (QED) is 0.311. The summed E-state index contributed by atoms with van der Waals surface area (Å²) in [6, 6.07) is 16.8. The largest absolute Gasteiger partial charge is 0.491 e. The fraction of sp³-hybridized carbons (Fsp3) is 0.0909. The number of carbonyl (C=O) groups is 1. The molecule has 146 valence electrons. The SMILES string of the molecule is CCOc1c(Cl)cc(/C=N/NC(=O)c2cc3c(ccc4ccccc43)o2)cc1Cl. The third-order valence-electron chi connectivity index (χ3n) is 4.34. The molecule has 0 saturated carbocycles. The van der Waals surface area contributed by atoms with Crippen molar-refractivity contribution in [1.29, 1.82) is 0 Å². The Labute approximate surface area is 176 Å². The van der Waals surface area contributed by atoms with Gasteiger partial charge in [0, 0.05) is 5.39 Å². The van der Waals surface area contributed by atoms with Gasteiger partial charge in [-0.05, 0) is 47.5 Å². The topological polar surface area (TPSA) is 63.8 Å². The van der Waals surface area contributed by atoms with Gasteiger partial charge in [-0.3, -0.25) is 4.79 Å². The lowest BCUT2D eigenvalue weighted by molar-refractivity contribution is 0.0929. The van der Waals surface area contributed by atoms with Crippen LogP contribution in [0.2, 0.25) is 10.0 Å². The minimum atomic E-state index is -0.454. The molecule has 29 heavy (non-hydrogen) atoms. The molecule has 1 aromatic heterocycles. The fourth-order valence-corrected chi connectivity index (χ4v) is 3.67. The Bertz CT molecular complexity index is 1220. The normalized spacial score (nSPS) is 11.4. The molecule has 4 aromatic rings. The lowest BCUT2D eigenvalue weighted by atomic mass is 10.1. The maximum Gasteiger partial charge on any atom is 0.307 e. The van der Waals surface area contributed by atoms with Gasteiger partial charge >= 0.3 is 5.91 Å². The van der Waals surface area contributed by atoms with E-state index >= 15 is 0 Å². The summed E-state index contributed by atoms with van der Waals surface area (Å²) in [5.41, 5.74) is 3.72. The summed E-state index contributed by atoms with van der Waals surface area (Å²) in [6.07, 6.45) is 1.45. The highest BCUT2D eigenvalue weighted by molar-refractivity contribution is 6.37. The molecule has 7 heteroatoms. The van der Waals surface area contributed by atoms with Crippen LogP contribution in [0.15, 0.2) is 64.1 Å². The minimum Gasteiger partial charge on any atom is -0.491 e. The van der Waals surface area contributed by atoms with E-state index < -0.39 is 5.91 Å². The van der Waals surface area contributed by atoms with E-state index in [-0.39, 0.29) is 5.76 Å². The molecule has 1 N–H and O–H groups in total. The predicted molar refractivity (Wildman–Crippen MR) is 116 cm³/mol. The molecule has 0 unspecified atom stereocenters. The van der Waals surface area contributed by atoms with E-state index in [4.69, 9.17) is 32.4 Å². The first-order valence-electron chi connectivity index (χ1n) is 8.93. The van der Waals surface area contributed by atoms with Crippen LogP contribution in [0.1, 0.15) is 23.0 Å². The first-order valence-corrected chi connectivity index (χ1v) is 9.69. The number of nitrogens with one attached hydrogen (secondary N) is 1. The van der Waals surface area contributed by atoms with Crippen molar-refractivity contribution in [3.05, 3.63) is 76.0 Å². The van der Waals surface area contributed by atoms with Crippen molar-refractivity contribution < 1.29 is 13.9 Å². The van der Waals surface area contributed by atoms with Crippen LogP contribution in [0.4, 0.5) is 0 Å². The number of hydrogen-bond acceptors (Lipinski definition) is 4. The summed E-state index contributed by atoms with van der Waals surface area (Å²) in [4.78, 5) is 12.4. The predicted octanol–water partition coefficient (Wildman–Crippen LogP) is 6.06. The number of amides is 1. The Hall–Kier alpha value is -3.02. The molecule has 1 heterocycles. The van der Waals surface area contributed by atoms with Crippen LogP contribution in [0.25, 0.3) is 21.7 Å². The number of hydrazone groups is 1. The average molecular weight is 427 g/mol. The van der Waals surface area contributed by atoms with Gasteiger partial charge in [-0.25, -0.2) is 5.43 Å². The van der Waals surface area contributed by atoms with E-state index in [9.17, 15) is 4.79 Å². The lowest BCUT2D eigenvalue weighted by Gasteiger charge is -2.08. The van der Waals surface area contributed by atoms with E-state index in [2.05, 4.69) is 10.5 Å². The molecule has 1 amide bonds. The van der Waals surface area contributed by atoms with Gasteiger partial charge < -0.3 is 9.15 Å². The molecule has 0 spiro atoms. The zero-order valence-corrected chi connectivity index (χ0v) is 16.9. The van der Waals surface area contributed by atoms with Crippen molar-refractivity contribution in [3.63, 3.8) is 0 Å². The third kappa shape index (κ3) is 3.92. The van der Waals surface area contributed by atoms with E-state index in [0.29, 0.717) is 33.5 Å². The van der Waals surface area contributed by atoms with Gasteiger partial charge in [-0.2, -0.15) is 5.10 Å². The number of hydrogen-bond donors (Lipinski definition) is 1. The molecule has 0 radical (unpaired) electrons. The van der Waals surface area contributed by atoms with Gasteiger partial charge in [-0.15, -0.1) is 0 Å². The smallest absolute Gasteiger partial charge is 0.307 e. The van der Waals surface area contributed by atoms with Gasteiger partial charge in [0.05, 0.1) is 22.9 Å². The molecule has 0 aliphatic heterocycles. The fourth-order valence-electron chi connectivity index (χ4n) is 3.06. The molecule has 3 aromatic carbocycles. The number of carbonyl (C=O) groups excluding carboxylic acids is 1. The lowest BCUT2D eigenvalue weighted by Crippen LogP contribution is -2.16. The van der Waals surface area contributed by atoms with Crippen LogP contribution < -0.4 is 10.2 Å². The molecule has 0 bridgehead atoms. The molecular formula is C22H16Cl2N2O3. The Morgan fingerprint density at radius 3 is 2.62 bits per heavy atom. The van der Waals surface area contributed by atoms with Crippen LogP contribution in [0.5, 0.6) is 5.75 Å². The number of fused-ring (bicyclic) bond motifs is 3. The number of rotatable bonds is 5. The van der Waals surface area contributed by atoms with Gasteiger partial charge in [0.1, 0.15) is 5.58 Å². The zero-order valence-electron chi connectivity index (χ0n) is 15.4. The van der Waals surface area contributed by atoms with E-state index in [1.165, 1.54) is 6.21 Å². The summed E-state index contributed by atoms with van der Waals surface area (Å²) in [7, 11) is 0. The van der Waals surface area contributed by atoms with Crippen molar-refractivity contribution in [2.75, 3.05) is 6.61 Å².